The highest BCUT2D eigenvalue weighted by Gasteiger charge is 2.20. The molecule has 0 aliphatic rings. The number of thioether (sulfide) groups is 1. The number of rotatable bonds is 5. The van der Waals surface area contributed by atoms with Gasteiger partial charge in [-0.25, -0.2) is 0 Å². The molecule has 2 rings (SSSR count). The highest BCUT2D eigenvalue weighted by atomic mass is 35.5. The number of carbonyl (C=O) groups excluding carboxylic acids is 1. The van der Waals surface area contributed by atoms with Crippen LogP contribution in [0.15, 0.2) is 28.6 Å². The van der Waals surface area contributed by atoms with Crippen molar-refractivity contribution < 1.29 is 4.79 Å². The number of para-hydroxylation sites is 1. The van der Waals surface area contributed by atoms with E-state index in [1.165, 1.54) is 23.1 Å². The average Bonchev–Trinajstić information content (AvgIpc) is 2.84. The van der Waals surface area contributed by atoms with Gasteiger partial charge in [0, 0.05) is 0 Å². The number of hydrogen-bond acceptors (Lipinski definition) is 5. The molecule has 0 saturated heterocycles. The molecular weight excluding hydrogens is 314 g/mol. The van der Waals surface area contributed by atoms with Gasteiger partial charge in [0.1, 0.15) is 5.01 Å². The van der Waals surface area contributed by atoms with Gasteiger partial charge in [-0.1, -0.05) is 53.8 Å². The summed E-state index contributed by atoms with van der Waals surface area (Å²) >= 11 is 8.96. The van der Waals surface area contributed by atoms with E-state index in [2.05, 4.69) is 15.5 Å². The molecule has 0 spiro atoms. The number of carbonyl (C=O) groups is 1. The molecule has 1 amide bonds. The van der Waals surface area contributed by atoms with Crippen LogP contribution in [0.25, 0.3) is 0 Å². The molecule has 1 N–H and O–H groups in total. The highest BCUT2D eigenvalue weighted by Crippen LogP contribution is 2.29. The molecule has 2 aromatic rings. The summed E-state index contributed by atoms with van der Waals surface area (Å²) < 4.78 is 0.809. The van der Waals surface area contributed by atoms with Crippen LogP contribution in [0.5, 0.6) is 0 Å². The lowest BCUT2D eigenvalue weighted by Crippen LogP contribution is -2.24. The third-order valence-electron chi connectivity index (χ3n) is 2.55. The number of amides is 1. The maximum atomic E-state index is 12.3. The summed E-state index contributed by atoms with van der Waals surface area (Å²) in [4.78, 5) is 12.3. The predicted molar refractivity (Wildman–Crippen MR) is 84.7 cm³/mol. The molecule has 0 aliphatic carbocycles. The molecule has 1 unspecified atom stereocenters. The minimum atomic E-state index is -0.210. The van der Waals surface area contributed by atoms with E-state index in [4.69, 9.17) is 11.6 Å². The molecule has 1 aromatic carbocycles. The second-order valence-corrected chi connectivity index (χ2v) is 7.11. The zero-order chi connectivity index (χ0) is 14.5. The Morgan fingerprint density at radius 3 is 2.80 bits per heavy atom. The summed E-state index contributed by atoms with van der Waals surface area (Å²) in [6.45, 7) is 3.87. The van der Waals surface area contributed by atoms with Crippen LogP contribution in [0.2, 0.25) is 5.02 Å². The Bertz CT molecular complexity index is 603. The summed E-state index contributed by atoms with van der Waals surface area (Å²) in [7, 11) is 0. The smallest absolute Gasteiger partial charge is 0.237 e. The van der Waals surface area contributed by atoms with Crippen LogP contribution < -0.4 is 5.32 Å². The molecule has 1 heterocycles. The monoisotopic (exact) mass is 327 g/mol. The number of aryl methyl sites for hydroxylation is 1. The van der Waals surface area contributed by atoms with Crippen molar-refractivity contribution in [3.05, 3.63) is 34.3 Å². The standard InChI is InChI=1S/C13H14ClN3OS2/c1-3-11(20-13-17-16-8(2)19-13)12(18)15-10-7-5-4-6-9(10)14/h4-7,11H,3H2,1-2H3,(H,15,18). The van der Waals surface area contributed by atoms with Crippen LogP contribution >= 0.6 is 34.7 Å². The Labute approximate surface area is 130 Å². The van der Waals surface area contributed by atoms with Crippen molar-refractivity contribution >= 4 is 46.3 Å². The SMILES string of the molecule is CCC(Sc1nnc(C)s1)C(=O)Nc1ccccc1Cl. The number of aromatic nitrogens is 2. The fourth-order valence-corrected chi connectivity index (χ4v) is 3.71. The van der Waals surface area contributed by atoms with Crippen molar-refractivity contribution in [3.8, 4) is 0 Å². The van der Waals surface area contributed by atoms with E-state index < -0.39 is 0 Å². The van der Waals surface area contributed by atoms with E-state index in [1.807, 2.05) is 26.0 Å². The molecule has 4 nitrogen and oxygen atoms in total. The molecule has 106 valence electrons. The van der Waals surface area contributed by atoms with Gasteiger partial charge in [0.15, 0.2) is 4.34 Å². The van der Waals surface area contributed by atoms with Gasteiger partial charge in [-0.3, -0.25) is 4.79 Å². The lowest BCUT2D eigenvalue weighted by Gasteiger charge is -2.13. The Balaban J connectivity index is 2.04. The third-order valence-corrected chi connectivity index (χ3v) is 5.16. The summed E-state index contributed by atoms with van der Waals surface area (Å²) in [5, 5.41) is 12.1. The van der Waals surface area contributed by atoms with E-state index in [0.717, 1.165) is 9.35 Å². The van der Waals surface area contributed by atoms with Crippen LogP contribution in [-0.2, 0) is 4.79 Å². The Kier molecular flexibility index (Phi) is 5.39. The fourth-order valence-electron chi connectivity index (χ4n) is 1.55. The first-order chi connectivity index (χ1) is 9.60. The van der Waals surface area contributed by atoms with Gasteiger partial charge in [0.05, 0.1) is 16.0 Å². The summed E-state index contributed by atoms with van der Waals surface area (Å²) in [6, 6.07) is 7.20. The lowest BCUT2D eigenvalue weighted by molar-refractivity contribution is -0.115. The van der Waals surface area contributed by atoms with Crippen LogP contribution in [-0.4, -0.2) is 21.4 Å². The van der Waals surface area contributed by atoms with Crippen LogP contribution in [0.4, 0.5) is 5.69 Å². The minimum Gasteiger partial charge on any atom is -0.324 e. The van der Waals surface area contributed by atoms with Crippen molar-refractivity contribution in [2.24, 2.45) is 0 Å². The second kappa shape index (κ2) is 7.06. The van der Waals surface area contributed by atoms with Gasteiger partial charge in [0.2, 0.25) is 5.91 Å². The van der Waals surface area contributed by atoms with Crippen LogP contribution in [0.3, 0.4) is 0 Å². The van der Waals surface area contributed by atoms with Crippen molar-refractivity contribution in [2.75, 3.05) is 5.32 Å². The van der Waals surface area contributed by atoms with E-state index in [9.17, 15) is 4.79 Å². The number of halogens is 1. The minimum absolute atomic E-state index is 0.0709. The number of nitrogens with one attached hydrogen (secondary N) is 1. The predicted octanol–water partition coefficient (Wildman–Crippen LogP) is 4.01. The molecular formula is C13H14ClN3OS2. The largest absolute Gasteiger partial charge is 0.324 e. The summed E-state index contributed by atoms with van der Waals surface area (Å²) in [5.74, 6) is -0.0709. The molecule has 7 heteroatoms. The van der Waals surface area contributed by atoms with Crippen LogP contribution in [0, 0.1) is 6.92 Å². The molecule has 0 aliphatic heterocycles. The van der Waals surface area contributed by atoms with Gasteiger partial charge >= 0.3 is 0 Å². The van der Waals surface area contributed by atoms with E-state index in [1.54, 1.807) is 12.1 Å². The van der Waals surface area contributed by atoms with Crippen molar-refractivity contribution in [1.29, 1.82) is 0 Å². The van der Waals surface area contributed by atoms with Crippen molar-refractivity contribution in [2.45, 2.75) is 29.9 Å². The van der Waals surface area contributed by atoms with Gasteiger partial charge in [-0.2, -0.15) is 0 Å². The van der Waals surface area contributed by atoms with E-state index in [0.29, 0.717) is 17.1 Å². The van der Waals surface area contributed by atoms with Gasteiger partial charge in [-0.05, 0) is 25.5 Å². The molecule has 1 aromatic heterocycles. The summed E-state index contributed by atoms with van der Waals surface area (Å²) in [5.41, 5.74) is 0.631. The third kappa shape index (κ3) is 3.94. The number of hydrogen-bond donors (Lipinski definition) is 1. The molecule has 0 bridgehead atoms. The Morgan fingerprint density at radius 1 is 1.45 bits per heavy atom. The Hall–Kier alpha value is -1.11. The highest BCUT2D eigenvalue weighted by molar-refractivity contribution is 8.02. The number of anilines is 1. The van der Waals surface area contributed by atoms with Gasteiger partial charge in [-0.15, -0.1) is 10.2 Å². The second-order valence-electron chi connectivity index (χ2n) is 4.07. The lowest BCUT2D eigenvalue weighted by atomic mass is 10.2. The van der Waals surface area contributed by atoms with E-state index in [-0.39, 0.29) is 11.2 Å². The zero-order valence-corrected chi connectivity index (χ0v) is 13.5. The summed E-state index contributed by atoms with van der Waals surface area (Å²) in [6.07, 6.45) is 0.708. The van der Waals surface area contributed by atoms with E-state index >= 15 is 0 Å². The molecule has 20 heavy (non-hydrogen) atoms. The number of benzene rings is 1. The first-order valence-corrected chi connectivity index (χ1v) is 8.19. The fraction of sp³-hybridized carbons (Fsp3) is 0.308. The molecule has 0 fully saturated rings. The average molecular weight is 328 g/mol. The normalized spacial score (nSPS) is 12.2. The van der Waals surface area contributed by atoms with Gasteiger partial charge < -0.3 is 5.32 Å². The first kappa shape index (κ1) is 15.3. The first-order valence-electron chi connectivity index (χ1n) is 6.12. The zero-order valence-electron chi connectivity index (χ0n) is 11.1. The topological polar surface area (TPSA) is 54.9 Å². The number of nitrogens with zero attached hydrogens (tertiary/aromatic N) is 2. The van der Waals surface area contributed by atoms with Crippen molar-refractivity contribution in [1.82, 2.24) is 10.2 Å². The van der Waals surface area contributed by atoms with Crippen molar-refractivity contribution in [3.63, 3.8) is 0 Å². The maximum absolute atomic E-state index is 12.3. The quantitative estimate of drug-likeness (QED) is 0.843. The molecule has 0 radical (unpaired) electrons. The van der Waals surface area contributed by atoms with Crippen LogP contribution in [0.1, 0.15) is 18.4 Å². The molecule has 1 atom stereocenters. The molecule has 0 saturated carbocycles. The Morgan fingerprint density at radius 2 is 2.20 bits per heavy atom. The van der Waals surface area contributed by atoms with Gasteiger partial charge in [0.25, 0.3) is 0 Å². The maximum Gasteiger partial charge on any atom is 0.237 e.